The molecule has 1 rings (SSSR count). The molecule has 1 aromatic carbocycles. The number of carbonyl (C=O) groups excluding carboxylic acids is 2. The van der Waals surface area contributed by atoms with Crippen molar-refractivity contribution in [3.05, 3.63) is 34.9 Å². The van der Waals surface area contributed by atoms with Gasteiger partial charge in [0.1, 0.15) is 6.54 Å². The molecule has 0 heterocycles. The first kappa shape index (κ1) is 14.2. The summed E-state index contributed by atoms with van der Waals surface area (Å²) in [6.45, 7) is 6.17. The average Bonchev–Trinajstić information content (AvgIpc) is 2.38. The molecular weight excluding hydrogens is 230 g/mol. The molecule has 0 saturated heterocycles. The number of esters is 1. The Kier molecular flexibility index (Phi) is 4.89. The van der Waals surface area contributed by atoms with Crippen LogP contribution in [0.3, 0.4) is 0 Å². The van der Waals surface area contributed by atoms with Crippen LogP contribution in [0.4, 0.5) is 0 Å². The van der Waals surface area contributed by atoms with Gasteiger partial charge in [-0.15, -0.1) is 0 Å². The predicted molar refractivity (Wildman–Crippen MR) is 69.5 cm³/mol. The topological polar surface area (TPSA) is 46.6 Å². The lowest BCUT2D eigenvalue weighted by Crippen LogP contribution is -2.36. The van der Waals surface area contributed by atoms with Crippen molar-refractivity contribution in [1.29, 1.82) is 0 Å². The number of benzene rings is 1. The number of nitrogens with zero attached hydrogens (tertiary/aromatic N) is 1. The minimum atomic E-state index is -0.407. The van der Waals surface area contributed by atoms with Gasteiger partial charge in [-0.1, -0.05) is 12.1 Å². The third-order valence-electron chi connectivity index (χ3n) is 3.05. The van der Waals surface area contributed by atoms with Crippen molar-refractivity contribution in [2.24, 2.45) is 0 Å². The first-order valence-corrected chi connectivity index (χ1v) is 5.93. The minimum Gasteiger partial charge on any atom is -0.468 e. The number of amides is 1. The second kappa shape index (κ2) is 6.19. The Morgan fingerprint density at radius 1 is 1.28 bits per heavy atom. The Labute approximate surface area is 108 Å². The summed E-state index contributed by atoms with van der Waals surface area (Å²) in [7, 11) is 1.32. The summed E-state index contributed by atoms with van der Waals surface area (Å²) < 4.78 is 4.59. The van der Waals surface area contributed by atoms with Crippen LogP contribution >= 0.6 is 0 Å². The molecule has 0 atom stereocenters. The van der Waals surface area contributed by atoms with Crippen molar-refractivity contribution in [3.8, 4) is 0 Å². The third kappa shape index (κ3) is 3.09. The number of aryl methyl sites for hydroxylation is 1. The van der Waals surface area contributed by atoms with E-state index in [4.69, 9.17) is 0 Å². The summed E-state index contributed by atoms with van der Waals surface area (Å²) in [6, 6.07) is 5.59. The van der Waals surface area contributed by atoms with E-state index in [-0.39, 0.29) is 12.5 Å². The molecule has 0 bridgehead atoms. The van der Waals surface area contributed by atoms with E-state index < -0.39 is 5.97 Å². The second-order valence-corrected chi connectivity index (χ2v) is 4.14. The van der Waals surface area contributed by atoms with E-state index in [1.165, 1.54) is 12.0 Å². The van der Waals surface area contributed by atoms with E-state index in [0.717, 1.165) is 11.1 Å². The number of hydrogen-bond acceptors (Lipinski definition) is 3. The summed E-state index contributed by atoms with van der Waals surface area (Å²) >= 11 is 0. The molecule has 18 heavy (non-hydrogen) atoms. The summed E-state index contributed by atoms with van der Waals surface area (Å²) in [5.74, 6) is -0.542. The number of carbonyl (C=O) groups is 2. The van der Waals surface area contributed by atoms with E-state index in [2.05, 4.69) is 4.74 Å². The molecule has 1 aromatic rings. The van der Waals surface area contributed by atoms with Crippen LogP contribution in [0, 0.1) is 13.8 Å². The molecule has 0 aliphatic heterocycles. The van der Waals surface area contributed by atoms with Crippen LogP contribution in [-0.4, -0.2) is 37.0 Å². The van der Waals surface area contributed by atoms with Gasteiger partial charge in [-0.3, -0.25) is 9.59 Å². The molecule has 0 unspecified atom stereocenters. The van der Waals surface area contributed by atoms with Crippen molar-refractivity contribution in [2.75, 3.05) is 20.2 Å². The summed E-state index contributed by atoms with van der Waals surface area (Å²) in [6.07, 6.45) is 0. The van der Waals surface area contributed by atoms with E-state index in [1.807, 2.05) is 32.9 Å². The maximum Gasteiger partial charge on any atom is 0.325 e. The maximum atomic E-state index is 12.3. The standard InChI is InChI=1S/C14H19NO3/c1-5-15(9-13(16)18-4)14(17)12-8-6-7-10(2)11(12)3/h6-8H,5,9H2,1-4H3. The summed E-state index contributed by atoms with van der Waals surface area (Å²) in [4.78, 5) is 25.1. The maximum absolute atomic E-state index is 12.3. The normalized spacial score (nSPS) is 10.0. The van der Waals surface area contributed by atoms with Crippen LogP contribution < -0.4 is 0 Å². The molecule has 0 aromatic heterocycles. The first-order chi connectivity index (χ1) is 8.51. The smallest absolute Gasteiger partial charge is 0.325 e. The van der Waals surface area contributed by atoms with Gasteiger partial charge in [0.05, 0.1) is 7.11 Å². The number of rotatable bonds is 4. The molecule has 0 fully saturated rings. The molecule has 4 heteroatoms. The van der Waals surface area contributed by atoms with Crippen molar-refractivity contribution >= 4 is 11.9 Å². The van der Waals surface area contributed by atoms with Gasteiger partial charge >= 0.3 is 5.97 Å². The lowest BCUT2D eigenvalue weighted by atomic mass is 10.0. The largest absolute Gasteiger partial charge is 0.468 e. The van der Waals surface area contributed by atoms with Crippen LogP contribution in [0.25, 0.3) is 0 Å². The van der Waals surface area contributed by atoms with E-state index in [1.54, 1.807) is 6.07 Å². The molecule has 1 amide bonds. The number of hydrogen-bond donors (Lipinski definition) is 0. The van der Waals surface area contributed by atoms with E-state index in [9.17, 15) is 9.59 Å². The van der Waals surface area contributed by atoms with Gasteiger partial charge in [0.2, 0.25) is 0 Å². The molecule has 98 valence electrons. The van der Waals surface area contributed by atoms with Gasteiger partial charge in [-0.25, -0.2) is 0 Å². The number of methoxy groups -OCH3 is 1. The SMILES string of the molecule is CCN(CC(=O)OC)C(=O)c1cccc(C)c1C. The molecule has 4 nitrogen and oxygen atoms in total. The lowest BCUT2D eigenvalue weighted by Gasteiger charge is -2.20. The molecule has 0 spiro atoms. The zero-order chi connectivity index (χ0) is 13.7. The number of likely N-dealkylation sites (N-methyl/N-ethyl adjacent to an activating group) is 1. The highest BCUT2D eigenvalue weighted by Gasteiger charge is 2.19. The van der Waals surface area contributed by atoms with Crippen molar-refractivity contribution in [3.63, 3.8) is 0 Å². The van der Waals surface area contributed by atoms with Crippen molar-refractivity contribution in [1.82, 2.24) is 4.90 Å². The Balaban J connectivity index is 2.97. The van der Waals surface area contributed by atoms with Crippen LogP contribution in [0.1, 0.15) is 28.4 Å². The molecule has 0 aliphatic rings. The van der Waals surface area contributed by atoms with Gasteiger partial charge in [0, 0.05) is 12.1 Å². The average molecular weight is 249 g/mol. The Morgan fingerprint density at radius 2 is 1.94 bits per heavy atom. The Morgan fingerprint density at radius 3 is 2.50 bits per heavy atom. The second-order valence-electron chi connectivity index (χ2n) is 4.14. The third-order valence-corrected chi connectivity index (χ3v) is 3.05. The fraction of sp³-hybridized carbons (Fsp3) is 0.429. The highest BCUT2D eigenvalue weighted by Crippen LogP contribution is 2.15. The van der Waals surface area contributed by atoms with Gasteiger partial charge in [0.25, 0.3) is 5.91 Å². The van der Waals surface area contributed by atoms with E-state index >= 15 is 0 Å². The van der Waals surface area contributed by atoms with E-state index in [0.29, 0.717) is 12.1 Å². The van der Waals surface area contributed by atoms with Gasteiger partial charge < -0.3 is 9.64 Å². The fourth-order valence-corrected chi connectivity index (χ4v) is 1.70. The molecule has 0 N–H and O–H groups in total. The quantitative estimate of drug-likeness (QED) is 0.766. The van der Waals surface area contributed by atoms with Gasteiger partial charge in [-0.2, -0.15) is 0 Å². The van der Waals surface area contributed by atoms with Crippen molar-refractivity contribution in [2.45, 2.75) is 20.8 Å². The minimum absolute atomic E-state index is 0.0147. The highest BCUT2D eigenvalue weighted by molar-refractivity contribution is 5.97. The summed E-state index contributed by atoms with van der Waals surface area (Å²) in [5, 5.41) is 0. The predicted octanol–water partition coefficient (Wildman–Crippen LogP) is 1.94. The Bertz CT molecular complexity index is 454. The molecule has 0 radical (unpaired) electrons. The van der Waals surface area contributed by atoms with Crippen LogP contribution in [0.2, 0.25) is 0 Å². The summed E-state index contributed by atoms with van der Waals surface area (Å²) in [5.41, 5.74) is 2.65. The fourth-order valence-electron chi connectivity index (χ4n) is 1.70. The molecular formula is C14H19NO3. The monoisotopic (exact) mass is 249 g/mol. The zero-order valence-electron chi connectivity index (χ0n) is 11.3. The zero-order valence-corrected chi connectivity index (χ0v) is 11.3. The molecule has 0 saturated carbocycles. The number of ether oxygens (including phenoxy) is 1. The lowest BCUT2D eigenvalue weighted by molar-refractivity contribution is -0.141. The van der Waals surface area contributed by atoms with Gasteiger partial charge in [0.15, 0.2) is 0 Å². The highest BCUT2D eigenvalue weighted by atomic mass is 16.5. The van der Waals surface area contributed by atoms with Gasteiger partial charge in [-0.05, 0) is 38.0 Å². The van der Waals surface area contributed by atoms with Crippen LogP contribution in [-0.2, 0) is 9.53 Å². The van der Waals surface area contributed by atoms with Crippen LogP contribution in [0.15, 0.2) is 18.2 Å². The molecule has 0 aliphatic carbocycles. The van der Waals surface area contributed by atoms with Crippen molar-refractivity contribution < 1.29 is 14.3 Å². The Hall–Kier alpha value is -1.84. The van der Waals surface area contributed by atoms with Crippen LogP contribution in [0.5, 0.6) is 0 Å². The first-order valence-electron chi connectivity index (χ1n) is 5.93.